The monoisotopic (exact) mass is 434 g/mol. The predicted octanol–water partition coefficient (Wildman–Crippen LogP) is 6.12. The van der Waals surface area contributed by atoms with Gasteiger partial charge < -0.3 is 10.1 Å². The number of para-hydroxylation sites is 1. The largest absolute Gasteiger partial charge is 0.488 e. The van der Waals surface area contributed by atoms with Crippen molar-refractivity contribution in [3.8, 4) is 5.75 Å². The molecule has 4 rings (SSSR count). The Kier molecular flexibility index (Phi) is 6.21. The Labute approximate surface area is 184 Å². The number of amides is 1. The lowest BCUT2D eigenvalue weighted by Gasteiger charge is -2.09. The molecule has 0 spiro atoms. The minimum atomic E-state index is -0.168. The van der Waals surface area contributed by atoms with Crippen LogP contribution < -0.4 is 10.1 Å². The molecule has 1 saturated heterocycles. The molecule has 0 aromatic heterocycles. The van der Waals surface area contributed by atoms with Crippen molar-refractivity contribution in [3.63, 3.8) is 0 Å². The van der Waals surface area contributed by atoms with Crippen molar-refractivity contribution in [2.75, 3.05) is 0 Å². The van der Waals surface area contributed by atoms with Crippen molar-refractivity contribution in [3.05, 3.63) is 99.4 Å². The number of halogens is 1. The maximum Gasteiger partial charge on any atom is 0.264 e. The van der Waals surface area contributed by atoms with Gasteiger partial charge in [-0.3, -0.25) is 4.79 Å². The number of ether oxygens (including phenoxy) is 1. The van der Waals surface area contributed by atoms with Crippen molar-refractivity contribution in [2.24, 2.45) is 4.99 Å². The number of aryl methyl sites for hydroxylation is 1. The standard InChI is InChI=1S/C24H19ClN2O2S/c1-16-6-12-20(13-7-16)26-24-27-23(28)22(30-24)14-18-4-2-3-5-21(18)29-15-17-8-10-19(25)11-9-17/h2-14H,15H2,1H3,(H,26,27,28)/b22-14-. The van der Waals surface area contributed by atoms with Gasteiger partial charge in [0.2, 0.25) is 0 Å². The molecule has 1 aliphatic heterocycles. The van der Waals surface area contributed by atoms with Gasteiger partial charge in [0.05, 0.1) is 10.6 Å². The summed E-state index contributed by atoms with van der Waals surface area (Å²) in [5.41, 5.74) is 3.82. The summed E-state index contributed by atoms with van der Waals surface area (Å²) in [4.78, 5) is 17.5. The summed E-state index contributed by atoms with van der Waals surface area (Å²) in [6, 6.07) is 23.0. The van der Waals surface area contributed by atoms with Crippen LogP contribution >= 0.6 is 23.4 Å². The van der Waals surface area contributed by atoms with Gasteiger partial charge in [-0.1, -0.05) is 59.6 Å². The van der Waals surface area contributed by atoms with E-state index in [-0.39, 0.29) is 5.91 Å². The SMILES string of the molecule is Cc1ccc(N=C2NC(=O)/C(=C/c3ccccc3OCc3ccc(Cl)cc3)S2)cc1. The van der Waals surface area contributed by atoms with E-state index >= 15 is 0 Å². The van der Waals surface area contributed by atoms with Crippen molar-refractivity contribution >= 4 is 46.2 Å². The highest BCUT2D eigenvalue weighted by Crippen LogP contribution is 2.31. The van der Waals surface area contributed by atoms with E-state index in [4.69, 9.17) is 16.3 Å². The molecule has 0 bridgehead atoms. The maximum atomic E-state index is 12.4. The zero-order chi connectivity index (χ0) is 20.9. The molecule has 1 fully saturated rings. The smallest absolute Gasteiger partial charge is 0.264 e. The Hall–Kier alpha value is -3.02. The molecule has 0 unspecified atom stereocenters. The fourth-order valence-electron chi connectivity index (χ4n) is 2.83. The van der Waals surface area contributed by atoms with Crippen molar-refractivity contribution in [1.29, 1.82) is 0 Å². The van der Waals surface area contributed by atoms with E-state index in [0.717, 1.165) is 22.4 Å². The van der Waals surface area contributed by atoms with Gasteiger partial charge >= 0.3 is 0 Å². The summed E-state index contributed by atoms with van der Waals surface area (Å²) in [6.07, 6.45) is 1.83. The van der Waals surface area contributed by atoms with Crippen LogP contribution in [0.4, 0.5) is 5.69 Å². The molecule has 1 heterocycles. The second kappa shape index (κ2) is 9.20. The highest BCUT2D eigenvalue weighted by Gasteiger charge is 2.24. The fourth-order valence-corrected chi connectivity index (χ4v) is 3.79. The van der Waals surface area contributed by atoms with E-state index < -0.39 is 0 Å². The Morgan fingerprint density at radius 1 is 1.03 bits per heavy atom. The van der Waals surface area contributed by atoms with Crippen LogP contribution in [0, 0.1) is 6.92 Å². The van der Waals surface area contributed by atoms with Crippen LogP contribution in [0.1, 0.15) is 16.7 Å². The van der Waals surface area contributed by atoms with Gasteiger partial charge in [0.25, 0.3) is 5.91 Å². The van der Waals surface area contributed by atoms with E-state index in [1.165, 1.54) is 11.8 Å². The normalized spacial score (nSPS) is 16.1. The quantitative estimate of drug-likeness (QED) is 0.492. The van der Waals surface area contributed by atoms with E-state index in [1.54, 1.807) is 0 Å². The molecule has 0 radical (unpaired) electrons. The van der Waals surface area contributed by atoms with E-state index in [2.05, 4.69) is 10.3 Å². The number of nitrogens with zero attached hydrogens (tertiary/aromatic N) is 1. The molecule has 3 aromatic rings. The van der Waals surface area contributed by atoms with E-state index in [1.807, 2.05) is 85.8 Å². The molecule has 1 aliphatic rings. The average Bonchev–Trinajstić information content (AvgIpc) is 3.09. The van der Waals surface area contributed by atoms with Gasteiger partial charge in [0.15, 0.2) is 5.17 Å². The summed E-state index contributed by atoms with van der Waals surface area (Å²) in [6.45, 7) is 2.44. The van der Waals surface area contributed by atoms with Crippen LogP contribution in [-0.2, 0) is 11.4 Å². The molecule has 1 amide bonds. The maximum absolute atomic E-state index is 12.4. The number of thioether (sulfide) groups is 1. The number of carbonyl (C=O) groups is 1. The third-order valence-electron chi connectivity index (χ3n) is 4.43. The summed E-state index contributed by atoms with van der Waals surface area (Å²) in [7, 11) is 0. The molecular formula is C24H19ClN2O2S. The molecule has 0 atom stereocenters. The molecule has 4 nitrogen and oxygen atoms in total. The number of carbonyl (C=O) groups excluding carboxylic acids is 1. The lowest BCUT2D eigenvalue weighted by molar-refractivity contribution is -0.115. The summed E-state index contributed by atoms with van der Waals surface area (Å²) in [5.74, 6) is 0.538. The number of benzene rings is 3. The number of hydrogen-bond acceptors (Lipinski definition) is 4. The lowest BCUT2D eigenvalue weighted by Crippen LogP contribution is -2.19. The minimum Gasteiger partial charge on any atom is -0.488 e. The predicted molar refractivity (Wildman–Crippen MR) is 124 cm³/mol. The van der Waals surface area contributed by atoms with Gasteiger partial charge in [0.1, 0.15) is 12.4 Å². The van der Waals surface area contributed by atoms with Crippen LogP contribution in [0.2, 0.25) is 5.02 Å². The average molecular weight is 435 g/mol. The third-order valence-corrected chi connectivity index (χ3v) is 5.59. The van der Waals surface area contributed by atoms with Gasteiger partial charge in [-0.25, -0.2) is 4.99 Å². The van der Waals surface area contributed by atoms with Gasteiger partial charge in [0, 0.05) is 10.6 Å². The molecular weight excluding hydrogens is 416 g/mol. The van der Waals surface area contributed by atoms with Crippen molar-refractivity contribution in [2.45, 2.75) is 13.5 Å². The molecule has 0 saturated carbocycles. The Morgan fingerprint density at radius 3 is 2.53 bits per heavy atom. The first-order valence-electron chi connectivity index (χ1n) is 9.39. The highest BCUT2D eigenvalue weighted by molar-refractivity contribution is 8.18. The zero-order valence-electron chi connectivity index (χ0n) is 16.3. The van der Waals surface area contributed by atoms with Crippen molar-refractivity contribution in [1.82, 2.24) is 5.32 Å². The molecule has 30 heavy (non-hydrogen) atoms. The van der Waals surface area contributed by atoms with E-state index in [9.17, 15) is 4.79 Å². The molecule has 1 N–H and O–H groups in total. The van der Waals surface area contributed by atoms with Gasteiger partial charge in [-0.15, -0.1) is 0 Å². The topological polar surface area (TPSA) is 50.7 Å². The highest BCUT2D eigenvalue weighted by atomic mass is 35.5. The summed E-state index contributed by atoms with van der Waals surface area (Å²) in [5, 5.41) is 4.08. The van der Waals surface area contributed by atoms with Crippen LogP contribution in [0.5, 0.6) is 5.75 Å². The Bertz CT molecular complexity index is 1120. The molecule has 3 aromatic carbocycles. The second-order valence-electron chi connectivity index (χ2n) is 6.77. The van der Waals surface area contributed by atoms with Crippen molar-refractivity contribution < 1.29 is 9.53 Å². The number of aliphatic imine (C=N–C) groups is 1. The zero-order valence-corrected chi connectivity index (χ0v) is 17.8. The van der Waals surface area contributed by atoms with Gasteiger partial charge in [-0.2, -0.15) is 0 Å². The van der Waals surface area contributed by atoms with Crippen LogP contribution in [0.25, 0.3) is 6.08 Å². The number of rotatable bonds is 5. The second-order valence-corrected chi connectivity index (χ2v) is 8.24. The minimum absolute atomic E-state index is 0.168. The Morgan fingerprint density at radius 2 is 1.77 bits per heavy atom. The van der Waals surface area contributed by atoms with Crippen LogP contribution in [0.15, 0.2) is 82.7 Å². The molecule has 150 valence electrons. The number of amidine groups is 1. The van der Waals surface area contributed by atoms with Crippen LogP contribution in [0.3, 0.4) is 0 Å². The van der Waals surface area contributed by atoms with Gasteiger partial charge in [-0.05, 0) is 60.7 Å². The summed E-state index contributed by atoms with van der Waals surface area (Å²) < 4.78 is 5.98. The number of hydrogen-bond donors (Lipinski definition) is 1. The Balaban J connectivity index is 1.51. The number of nitrogens with one attached hydrogen (secondary N) is 1. The van der Waals surface area contributed by atoms with E-state index in [0.29, 0.717) is 27.5 Å². The first kappa shape index (κ1) is 20.3. The molecule has 0 aliphatic carbocycles. The first-order chi connectivity index (χ1) is 14.6. The lowest BCUT2D eigenvalue weighted by atomic mass is 10.2. The molecule has 6 heteroatoms. The first-order valence-corrected chi connectivity index (χ1v) is 10.6. The summed E-state index contributed by atoms with van der Waals surface area (Å²) >= 11 is 7.25. The third kappa shape index (κ3) is 5.12. The van der Waals surface area contributed by atoms with Crippen LogP contribution in [-0.4, -0.2) is 11.1 Å². The fraction of sp³-hybridized carbons (Fsp3) is 0.0833.